The Balaban J connectivity index is 2.69. The molecule has 0 saturated carbocycles. The van der Waals surface area contributed by atoms with Gasteiger partial charge < -0.3 is 5.43 Å². The monoisotopic (exact) mass is 192 g/mol. The molecule has 0 amide bonds. The third-order valence-corrected chi connectivity index (χ3v) is 2.04. The Morgan fingerprint density at radius 1 is 1.43 bits per heavy atom. The fraction of sp³-hybridized carbons (Fsp3) is 0.375. The number of nitrogens with one attached hydrogen (secondary N) is 1. The second-order valence-corrected chi connectivity index (χ2v) is 3.32. The summed E-state index contributed by atoms with van der Waals surface area (Å²) in [5, 5.41) is 13.0. The third-order valence-electron chi connectivity index (χ3n) is 2.04. The Hall–Kier alpha value is -1.69. The van der Waals surface area contributed by atoms with Gasteiger partial charge in [-0.2, -0.15) is 10.2 Å². The molecule has 0 bridgehead atoms. The maximum absolute atomic E-state index is 5.35. The van der Waals surface area contributed by atoms with E-state index in [0.717, 1.165) is 16.7 Å². The first-order chi connectivity index (χ1) is 6.74. The van der Waals surface area contributed by atoms with Crippen LogP contribution in [0.1, 0.15) is 19.9 Å². The average molecular weight is 192 g/mol. The van der Waals surface area contributed by atoms with E-state index in [4.69, 9.17) is 5.84 Å². The van der Waals surface area contributed by atoms with Crippen molar-refractivity contribution in [3.8, 4) is 0 Å². The number of fused-ring (bicyclic) bond motifs is 1. The van der Waals surface area contributed by atoms with Gasteiger partial charge in [0.1, 0.15) is 0 Å². The summed E-state index contributed by atoms with van der Waals surface area (Å²) in [4.78, 5) is 0. The minimum Gasteiger partial charge on any atom is -0.322 e. The fourth-order valence-electron chi connectivity index (χ4n) is 1.35. The number of nitrogens with zero attached hydrogens (tertiary/aromatic N) is 4. The van der Waals surface area contributed by atoms with Gasteiger partial charge in [0.25, 0.3) is 0 Å². The molecule has 0 aliphatic carbocycles. The zero-order chi connectivity index (χ0) is 10.1. The van der Waals surface area contributed by atoms with Gasteiger partial charge in [0.05, 0.1) is 23.5 Å². The molecule has 0 fully saturated rings. The first-order valence-corrected chi connectivity index (χ1v) is 4.39. The number of hydrogen-bond acceptors (Lipinski definition) is 5. The van der Waals surface area contributed by atoms with E-state index in [2.05, 4.69) is 20.7 Å². The van der Waals surface area contributed by atoms with Crippen LogP contribution in [0.2, 0.25) is 0 Å². The molecule has 0 aliphatic heterocycles. The molecule has 0 radical (unpaired) electrons. The van der Waals surface area contributed by atoms with Gasteiger partial charge in [-0.25, -0.2) is 4.68 Å². The summed E-state index contributed by atoms with van der Waals surface area (Å²) in [6, 6.07) is 0.259. The molecule has 74 valence electrons. The highest BCUT2D eigenvalue weighted by molar-refractivity contribution is 5.87. The zero-order valence-corrected chi connectivity index (χ0v) is 8.10. The lowest BCUT2D eigenvalue weighted by molar-refractivity contribution is 0.544. The van der Waals surface area contributed by atoms with E-state index < -0.39 is 0 Å². The fourth-order valence-corrected chi connectivity index (χ4v) is 1.35. The Morgan fingerprint density at radius 2 is 2.21 bits per heavy atom. The first-order valence-electron chi connectivity index (χ1n) is 4.39. The van der Waals surface area contributed by atoms with Crippen molar-refractivity contribution in [2.45, 2.75) is 19.9 Å². The number of aromatic nitrogens is 4. The molecule has 0 aromatic carbocycles. The summed E-state index contributed by atoms with van der Waals surface area (Å²) in [6.07, 6.45) is 3.31. The van der Waals surface area contributed by atoms with Crippen LogP contribution in [-0.4, -0.2) is 20.0 Å². The van der Waals surface area contributed by atoms with E-state index in [1.54, 1.807) is 12.4 Å². The van der Waals surface area contributed by atoms with E-state index in [1.165, 1.54) is 0 Å². The molecule has 0 atom stereocenters. The Kier molecular flexibility index (Phi) is 2.05. The molecular weight excluding hydrogens is 180 g/mol. The van der Waals surface area contributed by atoms with Gasteiger partial charge in [-0.1, -0.05) is 0 Å². The lowest BCUT2D eigenvalue weighted by Crippen LogP contribution is -2.08. The lowest BCUT2D eigenvalue weighted by Gasteiger charge is -2.05. The molecule has 6 heteroatoms. The summed E-state index contributed by atoms with van der Waals surface area (Å²) < 4.78 is 1.81. The van der Waals surface area contributed by atoms with Crippen LogP contribution in [0.25, 0.3) is 11.0 Å². The normalized spacial score (nSPS) is 11.1. The van der Waals surface area contributed by atoms with Gasteiger partial charge in [-0.05, 0) is 13.8 Å². The quantitative estimate of drug-likeness (QED) is 0.540. The van der Waals surface area contributed by atoms with Crippen molar-refractivity contribution in [3.63, 3.8) is 0 Å². The van der Waals surface area contributed by atoms with Gasteiger partial charge >= 0.3 is 0 Å². The predicted octanol–water partition coefficient (Wildman–Crippen LogP) is 0.693. The number of anilines is 1. The Labute approximate surface area is 81.1 Å². The number of nitrogen functional groups attached to an aromatic ring is 1. The molecule has 2 heterocycles. The first kappa shape index (κ1) is 8.89. The topological polar surface area (TPSA) is 81.7 Å². The van der Waals surface area contributed by atoms with E-state index in [-0.39, 0.29) is 6.04 Å². The van der Waals surface area contributed by atoms with E-state index in [1.807, 2.05) is 18.5 Å². The van der Waals surface area contributed by atoms with Crippen LogP contribution in [0.3, 0.4) is 0 Å². The molecule has 0 unspecified atom stereocenters. The maximum Gasteiger partial charge on any atom is 0.182 e. The minimum absolute atomic E-state index is 0.259. The highest BCUT2D eigenvalue weighted by atomic mass is 15.3. The SMILES string of the molecule is CC(C)n1ncc2c(NN)cnnc21. The molecule has 2 rings (SSSR count). The van der Waals surface area contributed by atoms with Crippen LogP contribution in [0, 0.1) is 0 Å². The third kappa shape index (κ3) is 1.20. The number of nitrogens with two attached hydrogens (primary N) is 1. The van der Waals surface area contributed by atoms with Crippen LogP contribution in [-0.2, 0) is 0 Å². The number of hydrogen-bond donors (Lipinski definition) is 2. The molecule has 0 saturated heterocycles. The molecule has 2 aromatic heterocycles. The van der Waals surface area contributed by atoms with Crippen molar-refractivity contribution in [1.29, 1.82) is 0 Å². The zero-order valence-electron chi connectivity index (χ0n) is 8.10. The van der Waals surface area contributed by atoms with Crippen molar-refractivity contribution in [2.24, 2.45) is 5.84 Å². The van der Waals surface area contributed by atoms with Gasteiger partial charge in [0, 0.05) is 6.04 Å². The molecular formula is C8H12N6. The lowest BCUT2D eigenvalue weighted by atomic mass is 10.3. The summed E-state index contributed by atoms with van der Waals surface area (Å²) in [7, 11) is 0. The summed E-state index contributed by atoms with van der Waals surface area (Å²) in [6.45, 7) is 4.08. The standard InChI is InChI=1S/C8H12N6/c1-5(2)14-8-6(3-11-14)7(12-9)4-10-13-8/h3-5H,9H2,1-2H3,(H,12,13). The molecule has 2 aromatic rings. The van der Waals surface area contributed by atoms with Gasteiger partial charge in [-0.15, -0.1) is 5.10 Å². The second kappa shape index (κ2) is 3.22. The number of rotatable bonds is 2. The van der Waals surface area contributed by atoms with Gasteiger partial charge in [0.15, 0.2) is 5.65 Å². The Bertz CT molecular complexity index is 446. The number of hydrazine groups is 1. The smallest absolute Gasteiger partial charge is 0.182 e. The Morgan fingerprint density at radius 3 is 2.86 bits per heavy atom. The summed E-state index contributed by atoms with van der Waals surface area (Å²) in [5.41, 5.74) is 4.05. The minimum atomic E-state index is 0.259. The molecule has 6 nitrogen and oxygen atoms in total. The van der Waals surface area contributed by atoms with Crippen LogP contribution in [0.4, 0.5) is 5.69 Å². The van der Waals surface area contributed by atoms with E-state index >= 15 is 0 Å². The van der Waals surface area contributed by atoms with E-state index in [0.29, 0.717) is 0 Å². The van der Waals surface area contributed by atoms with Crippen LogP contribution in [0.5, 0.6) is 0 Å². The highest BCUT2D eigenvalue weighted by Gasteiger charge is 2.10. The largest absolute Gasteiger partial charge is 0.322 e. The molecule has 14 heavy (non-hydrogen) atoms. The van der Waals surface area contributed by atoms with Gasteiger partial charge in [-0.3, -0.25) is 5.84 Å². The van der Waals surface area contributed by atoms with Crippen molar-refractivity contribution in [1.82, 2.24) is 20.0 Å². The molecule has 0 aliphatic rings. The van der Waals surface area contributed by atoms with Crippen LogP contribution in [0.15, 0.2) is 12.4 Å². The van der Waals surface area contributed by atoms with Crippen molar-refractivity contribution >= 4 is 16.7 Å². The van der Waals surface area contributed by atoms with Crippen LogP contribution < -0.4 is 11.3 Å². The van der Waals surface area contributed by atoms with Gasteiger partial charge in [0.2, 0.25) is 0 Å². The van der Waals surface area contributed by atoms with Crippen molar-refractivity contribution in [2.75, 3.05) is 5.43 Å². The highest BCUT2D eigenvalue weighted by Crippen LogP contribution is 2.20. The van der Waals surface area contributed by atoms with E-state index in [9.17, 15) is 0 Å². The molecule has 0 spiro atoms. The summed E-state index contributed by atoms with van der Waals surface area (Å²) >= 11 is 0. The van der Waals surface area contributed by atoms with Crippen LogP contribution >= 0.6 is 0 Å². The maximum atomic E-state index is 5.35. The van der Waals surface area contributed by atoms with Crippen molar-refractivity contribution < 1.29 is 0 Å². The molecule has 3 N–H and O–H groups in total. The average Bonchev–Trinajstić information content (AvgIpc) is 2.60. The summed E-state index contributed by atoms with van der Waals surface area (Å²) in [5.74, 6) is 5.35. The van der Waals surface area contributed by atoms with Crippen molar-refractivity contribution in [3.05, 3.63) is 12.4 Å². The second-order valence-electron chi connectivity index (χ2n) is 3.32. The predicted molar refractivity (Wildman–Crippen MR) is 53.5 cm³/mol.